The van der Waals surface area contributed by atoms with Gasteiger partial charge in [-0.15, -0.1) is 0 Å². The van der Waals surface area contributed by atoms with Gasteiger partial charge in [-0.05, 0) is 18.9 Å². The minimum atomic E-state index is -0.502. The lowest BCUT2D eigenvalue weighted by Gasteiger charge is -2.30. The van der Waals surface area contributed by atoms with Gasteiger partial charge in [-0.1, -0.05) is 18.2 Å². The van der Waals surface area contributed by atoms with Gasteiger partial charge in [-0.25, -0.2) is 0 Å². The van der Waals surface area contributed by atoms with E-state index in [1.807, 2.05) is 24.3 Å². The number of aliphatic hydroxyl groups excluding tert-OH is 1. The van der Waals surface area contributed by atoms with E-state index in [2.05, 4.69) is 5.32 Å². The summed E-state index contributed by atoms with van der Waals surface area (Å²) in [6, 6.07) is 7.64. The summed E-state index contributed by atoms with van der Waals surface area (Å²) < 4.78 is 5.71. The minimum absolute atomic E-state index is 0.502. The number of rotatable bonds is 0. The summed E-state index contributed by atoms with van der Waals surface area (Å²) in [7, 11) is 0. The molecule has 3 nitrogen and oxygen atoms in total. The third-order valence-electron chi connectivity index (χ3n) is 2.96. The third-order valence-corrected chi connectivity index (χ3v) is 2.96. The highest BCUT2D eigenvalue weighted by molar-refractivity contribution is 5.44. The van der Waals surface area contributed by atoms with Crippen molar-refractivity contribution in [1.82, 2.24) is 5.32 Å². The van der Waals surface area contributed by atoms with Gasteiger partial charge in [0.1, 0.15) is 11.9 Å². The van der Waals surface area contributed by atoms with Gasteiger partial charge in [-0.3, -0.25) is 0 Å². The van der Waals surface area contributed by atoms with Gasteiger partial charge in [0.2, 0.25) is 0 Å². The molecule has 3 rings (SSSR count). The van der Waals surface area contributed by atoms with Crippen LogP contribution in [0.1, 0.15) is 24.5 Å². The molecule has 0 saturated heterocycles. The lowest BCUT2D eigenvalue weighted by molar-refractivity contribution is 0.176. The molecule has 0 fully saturated rings. The fraction of sp³-hybridized carbons (Fsp3) is 0.333. The first-order valence-electron chi connectivity index (χ1n) is 5.28. The molecule has 3 heteroatoms. The lowest BCUT2D eigenvalue weighted by Crippen LogP contribution is -2.30. The van der Waals surface area contributed by atoms with Crippen LogP contribution in [0.2, 0.25) is 0 Å². The largest absolute Gasteiger partial charge is 0.441 e. The highest BCUT2D eigenvalue weighted by Gasteiger charge is 2.29. The Labute approximate surface area is 88.4 Å². The number of hydrogen-bond acceptors (Lipinski definition) is 3. The summed E-state index contributed by atoms with van der Waals surface area (Å²) in [5.74, 6) is 1.52. The maximum Gasteiger partial charge on any atom is 0.195 e. The summed E-state index contributed by atoms with van der Waals surface area (Å²) in [6.45, 7) is 0.924. The Hall–Kier alpha value is -1.48. The van der Waals surface area contributed by atoms with Crippen molar-refractivity contribution in [3.05, 3.63) is 41.3 Å². The first-order chi connectivity index (χ1) is 7.36. The molecule has 1 aromatic carbocycles. The Morgan fingerprint density at radius 2 is 2.20 bits per heavy atom. The first kappa shape index (κ1) is 8.80. The molecule has 15 heavy (non-hydrogen) atoms. The second kappa shape index (κ2) is 3.28. The lowest BCUT2D eigenvalue weighted by atomic mass is 9.94. The highest BCUT2D eigenvalue weighted by Crippen LogP contribution is 2.39. The molecule has 2 N–H and O–H groups in total. The molecule has 0 amide bonds. The van der Waals surface area contributed by atoms with Crippen LogP contribution in [-0.2, 0) is 0 Å². The normalized spacial score (nSPS) is 23.7. The van der Waals surface area contributed by atoms with E-state index < -0.39 is 6.10 Å². The predicted octanol–water partition coefficient (Wildman–Crippen LogP) is 1.71. The summed E-state index contributed by atoms with van der Waals surface area (Å²) in [6.07, 6.45) is 1.47. The molecule has 2 heterocycles. The standard InChI is InChI=1S/C12H13NO2/c14-11-8-4-1-2-6-10(8)15-12-9(11)5-3-7-13-12/h1-2,4,6,11,13-14H,3,5,7H2. The molecule has 2 aliphatic heterocycles. The molecular formula is C12H13NO2. The Balaban J connectivity index is 2.07. The quantitative estimate of drug-likeness (QED) is 0.674. The minimum Gasteiger partial charge on any atom is -0.441 e. The number of fused-ring (bicyclic) bond motifs is 1. The molecule has 0 radical (unpaired) electrons. The van der Waals surface area contributed by atoms with Crippen molar-refractivity contribution in [1.29, 1.82) is 0 Å². The number of benzene rings is 1. The van der Waals surface area contributed by atoms with E-state index in [9.17, 15) is 5.11 Å². The van der Waals surface area contributed by atoms with Crippen LogP contribution in [0.5, 0.6) is 5.75 Å². The van der Waals surface area contributed by atoms with E-state index >= 15 is 0 Å². The van der Waals surface area contributed by atoms with Gasteiger partial charge < -0.3 is 15.2 Å². The second-order valence-corrected chi connectivity index (χ2v) is 3.93. The maximum atomic E-state index is 10.2. The van der Waals surface area contributed by atoms with E-state index in [1.165, 1.54) is 0 Å². The monoisotopic (exact) mass is 203 g/mol. The number of hydrogen-bond donors (Lipinski definition) is 2. The van der Waals surface area contributed by atoms with E-state index in [4.69, 9.17) is 4.74 Å². The van der Waals surface area contributed by atoms with Gasteiger partial charge in [0, 0.05) is 17.7 Å². The third kappa shape index (κ3) is 1.31. The average molecular weight is 203 g/mol. The van der Waals surface area contributed by atoms with Crippen molar-refractivity contribution in [3.8, 4) is 5.75 Å². The van der Waals surface area contributed by atoms with Crippen molar-refractivity contribution in [2.75, 3.05) is 6.54 Å². The fourth-order valence-corrected chi connectivity index (χ4v) is 2.17. The van der Waals surface area contributed by atoms with Crippen LogP contribution >= 0.6 is 0 Å². The molecule has 1 unspecified atom stereocenters. The van der Waals surface area contributed by atoms with E-state index in [0.29, 0.717) is 0 Å². The molecular weight excluding hydrogens is 190 g/mol. The van der Waals surface area contributed by atoms with Gasteiger partial charge in [-0.2, -0.15) is 0 Å². The SMILES string of the molecule is OC1C2=C(NCCC2)Oc2ccccc21. The molecule has 0 aromatic heterocycles. The Morgan fingerprint density at radius 3 is 3.13 bits per heavy atom. The Bertz CT molecular complexity index is 425. The van der Waals surface area contributed by atoms with Gasteiger partial charge in [0.05, 0.1) is 0 Å². The van der Waals surface area contributed by atoms with Gasteiger partial charge >= 0.3 is 0 Å². The predicted molar refractivity (Wildman–Crippen MR) is 56.3 cm³/mol. The summed E-state index contributed by atoms with van der Waals surface area (Å²) >= 11 is 0. The Morgan fingerprint density at radius 1 is 1.33 bits per heavy atom. The maximum absolute atomic E-state index is 10.2. The zero-order chi connectivity index (χ0) is 10.3. The molecule has 0 spiro atoms. The molecule has 1 aromatic rings. The van der Waals surface area contributed by atoms with E-state index in [1.54, 1.807) is 0 Å². The van der Waals surface area contributed by atoms with Crippen LogP contribution in [0.3, 0.4) is 0 Å². The molecule has 0 aliphatic carbocycles. The zero-order valence-corrected chi connectivity index (χ0v) is 8.36. The van der Waals surface area contributed by atoms with Crippen molar-refractivity contribution in [3.63, 3.8) is 0 Å². The van der Waals surface area contributed by atoms with Crippen molar-refractivity contribution in [2.45, 2.75) is 18.9 Å². The molecule has 78 valence electrons. The van der Waals surface area contributed by atoms with E-state index in [-0.39, 0.29) is 0 Å². The zero-order valence-electron chi connectivity index (χ0n) is 8.36. The smallest absolute Gasteiger partial charge is 0.195 e. The average Bonchev–Trinajstić information content (AvgIpc) is 2.30. The summed E-state index contributed by atoms with van der Waals surface area (Å²) in [5.41, 5.74) is 1.86. The molecule has 2 aliphatic rings. The topological polar surface area (TPSA) is 41.5 Å². The van der Waals surface area contributed by atoms with Crippen molar-refractivity contribution < 1.29 is 9.84 Å². The van der Waals surface area contributed by atoms with Crippen LogP contribution < -0.4 is 10.1 Å². The number of para-hydroxylation sites is 1. The first-order valence-corrected chi connectivity index (χ1v) is 5.28. The highest BCUT2D eigenvalue weighted by atomic mass is 16.5. The van der Waals surface area contributed by atoms with Crippen LogP contribution in [0, 0.1) is 0 Å². The molecule has 0 bridgehead atoms. The van der Waals surface area contributed by atoms with Gasteiger partial charge in [0.25, 0.3) is 0 Å². The molecule has 1 atom stereocenters. The summed E-state index contributed by atoms with van der Waals surface area (Å²) in [5, 5.41) is 13.4. The number of aliphatic hydroxyl groups is 1. The fourth-order valence-electron chi connectivity index (χ4n) is 2.17. The summed E-state index contributed by atoms with van der Waals surface area (Å²) in [4.78, 5) is 0. The number of nitrogens with one attached hydrogen (secondary N) is 1. The van der Waals surface area contributed by atoms with Crippen molar-refractivity contribution in [2.24, 2.45) is 0 Å². The van der Waals surface area contributed by atoms with Crippen molar-refractivity contribution >= 4 is 0 Å². The van der Waals surface area contributed by atoms with Crippen LogP contribution in [0.25, 0.3) is 0 Å². The molecule has 0 saturated carbocycles. The number of ether oxygens (including phenoxy) is 1. The van der Waals surface area contributed by atoms with E-state index in [0.717, 1.165) is 42.2 Å². The second-order valence-electron chi connectivity index (χ2n) is 3.93. The van der Waals surface area contributed by atoms with Crippen LogP contribution in [-0.4, -0.2) is 11.7 Å². The van der Waals surface area contributed by atoms with Gasteiger partial charge in [0.15, 0.2) is 5.88 Å². The van der Waals surface area contributed by atoms with Crippen LogP contribution in [0.4, 0.5) is 0 Å². The Kier molecular flexibility index (Phi) is 1.92. The van der Waals surface area contributed by atoms with Crippen LogP contribution in [0.15, 0.2) is 35.7 Å².